The quantitative estimate of drug-likeness (QED) is 0.442. The summed E-state index contributed by atoms with van der Waals surface area (Å²) in [6.45, 7) is 0.845. The van der Waals surface area contributed by atoms with Gasteiger partial charge in [0.25, 0.3) is 11.8 Å². The molecule has 4 N–H and O–H groups in total. The van der Waals surface area contributed by atoms with Gasteiger partial charge in [-0.1, -0.05) is 36.4 Å². The normalized spacial score (nSPS) is 10.2. The van der Waals surface area contributed by atoms with Gasteiger partial charge < -0.3 is 21.1 Å². The summed E-state index contributed by atoms with van der Waals surface area (Å²) in [7, 11) is 0. The van der Waals surface area contributed by atoms with Crippen LogP contribution in [-0.4, -0.2) is 30.0 Å². The number of benzene rings is 3. The van der Waals surface area contributed by atoms with Crippen LogP contribution in [0.2, 0.25) is 0 Å². The highest BCUT2D eigenvalue weighted by Gasteiger charge is 2.11. The summed E-state index contributed by atoms with van der Waals surface area (Å²) in [5.41, 5.74) is 2.59. The van der Waals surface area contributed by atoms with E-state index in [9.17, 15) is 14.7 Å². The summed E-state index contributed by atoms with van der Waals surface area (Å²) < 4.78 is 0. The zero-order valence-electron chi connectivity index (χ0n) is 15.9. The molecule has 0 bridgehead atoms. The lowest BCUT2D eigenvalue weighted by atomic mass is 10.1. The van der Waals surface area contributed by atoms with Gasteiger partial charge in [-0.05, 0) is 48.9 Å². The molecule has 0 aliphatic rings. The second-order valence-corrected chi connectivity index (χ2v) is 6.45. The Hall–Kier alpha value is -3.80. The number of para-hydroxylation sites is 2. The van der Waals surface area contributed by atoms with Crippen molar-refractivity contribution in [3.63, 3.8) is 0 Å². The number of carbonyl (C=O) groups is 2. The SMILES string of the molecule is O=C(NCCCNC(=O)c1ccccc1Nc1ccccc1)c1cccc(O)c1. The standard InChI is InChI=1S/C23H23N3O3/c27-19-11-6-8-17(16-19)22(28)24-14-7-15-25-23(29)20-12-4-5-13-21(20)26-18-9-2-1-3-10-18/h1-6,8-13,16,26-27H,7,14-15H2,(H,24,28)(H,25,29). The van der Waals surface area contributed by atoms with Crippen molar-refractivity contribution < 1.29 is 14.7 Å². The Morgan fingerprint density at radius 1 is 0.759 bits per heavy atom. The van der Waals surface area contributed by atoms with E-state index in [1.807, 2.05) is 48.5 Å². The van der Waals surface area contributed by atoms with E-state index in [0.717, 1.165) is 11.4 Å². The Balaban J connectivity index is 1.47. The van der Waals surface area contributed by atoms with Crippen LogP contribution in [0, 0.1) is 0 Å². The molecule has 3 rings (SSSR count). The summed E-state index contributed by atoms with van der Waals surface area (Å²) in [6, 6.07) is 23.1. The summed E-state index contributed by atoms with van der Waals surface area (Å²) in [5.74, 6) is -0.388. The van der Waals surface area contributed by atoms with Crippen molar-refractivity contribution in [1.29, 1.82) is 0 Å². The number of carbonyl (C=O) groups excluding carboxylic acids is 2. The van der Waals surface area contributed by atoms with Gasteiger partial charge >= 0.3 is 0 Å². The van der Waals surface area contributed by atoms with Gasteiger partial charge in [0.2, 0.25) is 0 Å². The van der Waals surface area contributed by atoms with Crippen LogP contribution in [0.3, 0.4) is 0 Å². The third-order valence-electron chi connectivity index (χ3n) is 4.26. The Labute approximate surface area is 169 Å². The van der Waals surface area contributed by atoms with E-state index in [-0.39, 0.29) is 17.6 Å². The third kappa shape index (κ3) is 5.84. The zero-order chi connectivity index (χ0) is 20.5. The number of amides is 2. The summed E-state index contributed by atoms with van der Waals surface area (Å²) in [6.07, 6.45) is 0.588. The van der Waals surface area contributed by atoms with Crippen LogP contribution in [0.1, 0.15) is 27.1 Å². The third-order valence-corrected chi connectivity index (χ3v) is 4.26. The Morgan fingerprint density at radius 2 is 1.45 bits per heavy atom. The fourth-order valence-electron chi connectivity index (χ4n) is 2.80. The van der Waals surface area contributed by atoms with E-state index in [1.54, 1.807) is 18.2 Å². The van der Waals surface area contributed by atoms with Gasteiger partial charge in [0.15, 0.2) is 0 Å². The number of hydrogen-bond donors (Lipinski definition) is 4. The topological polar surface area (TPSA) is 90.5 Å². The smallest absolute Gasteiger partial charge is 0.253 e. The van der Waals surface area contributed by atoms with E-state index in [1.165, 1.54) is 12.1 Å². The monoisotopic (exact) mass is 389 g/mol. The molecule has 0 radical (unpaired) electrons. The highest BCUT2D eigenvalue weighted by atomic mass is 16.3. The number of anilines is 2. The molecular weight excluding hydrogens is 366 g/mol. The van der Waals surface area contributed by atoms with E-state index in [4.69, 9.17) is 0 Å². The molecule has 0 fully saturated rings. The van der Waals surface area contributed by atoms with E-state index in [2.05, 4.69) is 16.0 Å². The van der Waals surface area contributed by atoms with Gasteiger partial charge in [0.05, 0.1) is 11.3 Å². The van der Waals surface area contributed by atoms with E-state index >= 15 is 0 Å². The largest absolute Gasteiger partial charge is 0.508 e. The van der Waals surface area contributed by atoms with Crippen LogP contribution in [0.5, 0.6) is 5.75 Å². The number of rotatable bonds is 8. The first-order chi connectivity index (χ1) is 14.1. The molecule has 0 saturated carbocycles. The number of phenols is 1. The van der Waals surface area contributed by atoms with Gasteiger partial charge in [-0.15, -0.1) is 0 Å². The lowest BCUT2D eigenvalue weighted by Crippen LogP contribution is -2.30. The summed E-state index contributed by atoms with van der Waals surface area (Å²) in [5, 5.41) is 18.3. The highest BCUT2D eigenvalue weighted by molar-refractivity contribution is 6.00. The lowest BCUT2D eigenvalue weighted by Gasteiger charge is -2.12. The van der Waals surface area contributed by atoms with Gasteiger partial charge in [0, 0.05) is 24.3 Å². The van der Waals surface area contributed by atoms with Crippen molar-refractivity contribution in [1.82, 2.24) is 10.6 Å². The van der Waals surface area contributed by atoms with Crippen LogP contribution < -0.4 is 16.0 Å². The highest BCUT2D eigenvalue weighted by Crippen LogP contribution is 2.20. The molecule has 0 heterocycles. The first kappa shape index (κ1) is 19.9. The minimum Gasteiger partial charge on any atom is -0.508 e. The van der Waals surface area contributed by atoms with Crippen LogP contribution in [0.25, 0.3) is 0 Å². The maximum absolute atomic E-state index is 12.5. The minimum absolute atomic E-state index is 0.0488. The molecule has 0 saturated heterocycles. The van der Waals surface area contributed by atoms with Crippen LogP contribution in [0.15, 0.2) is 78.9 Å². The van der Waals surface area contributed by atoms with Gasteiger partial charge in [-0.3, -0.25) is 9.59 Å². The first-order valence-corrected chi connectivity index (χ1v) is 9.40. The maximum Gasteiger partial charge on any atom is 0.253 e. The Morgan fingerprint density at radius 3 is 2.21 bits per heavy atom. The fourth-order valence-corrected chi connectivity index (χ4v) is 2.80. The van der Waals surface area contributed by atoms with Crippen molar-refractivity contribution in [2.24, 2.45) is 0 Å². The van der Waals surface area contributed by atoms with Crippen LogP contribution in [-0.2, 0) is 0 Å². The van der Waals surface area contributed by atoms with Gasteiger partial charge in [-0.25, -0.2) is 0 Å². The predicted molar refractivity (Wildman–Crippen MR) is 114 cm³/mol. The number of hydrogen-bond acceptors (Lipinski definition) is 4. The molecule has 148 valence electrons. The Bertz CT molecular complexity index is 974. The van der Waals surface area contributed by atoms with Crippen molar-refractivity contribution >= 4 is 23.2 Å². The molecule has 6 heteroatoms. The second-order valence-electron chi connectivity index (χ2n) is 6.45. The molecule has 0 atom stereocenters. The summed E-state index contributed by atoms with van der Waals surface area (Å²) >= 11 is 0. The minimum atomic E-state index is -0.260. The van der Waals surface area contributed by atoms with E-state index in [0.29, 0.717) is 30.6 Å². The van der Waals surface area contributed by atoms with Gasteiger partial charge in [-0.2, -0.15) is 0 Å². The van der Waals surface area contributed by atoms with Crippen molar-refractivity contribution in [2.75, 3.05) is 18.4 Å². The van der Waals surface area contributed by atoms with Crippen LogP contribution in [0.4, 0.5) is 11.4 Å². The zero-order valence-corrected chi connectivity index (χ0v) is 15.9. The van der Waals surface area contributed by atoms with Gasteiger partial charge in [0.1, 0.15) is 5.75 Å². The first-order valence-electron chi connectivity index (χ1n) is 9.40. The number of phenolic OH excluding ortho intramolecular Hbond substituents is 1. The lowest BCUT2D eigenvalue weighted by molar-refractivity contribution is 0.0952. The molecule has 0 spiro atoms. The molecule has 0 unspecified atom stereocenters. The fraction of sp³-hybridized carbons (Fsp3) is 0.130. The molecule has 3 aromatic carbocycles. The maximum atomic E-state index is 12.5. The average Bonchev–Trinajstić information content (AvgIpc) is 2.74. The number of nitrogens with one attached hydrogen (secondary N) is 3. The molecule has 0 aromatic heterocycles. The van der Waals surface area contributed by atoms with Crippen molar-refractivity contribution in [3.05, 3.63) is 90.0 Å². The average molecular weight is 389 g/mol. The summed E-state index contributed by atoms with van der Waals surface area (Å²) in [4.78, 5) is 24.6. The Kier molecular flexibility index (Phi) is 6.84. The second kappa shape index (κ2) is 9.94. The molecule has 6 nitrogen and oxygen atoms in total. The molecule has 29 heavy (non-hydrogen) atoms. The van der Waals surface area contributed by atoms with Crippen molar-refractivity contribution in [3.8, 4) is 5.75 Å². The molecule has 0 aliphatic heterocycles. The predicted octanol–water partition coefficient (Wildman–Crippen LogP) is 3.69. The molecule has 2 amide bonds. The molecular formula is C23H23N3O3. The molecule has 0 aliphatic carbocycles. The van der Waals surface area contributed by atoms with Crippen LogP contribution >= 0.6 is 0 Å². The van der Waals surface area contributed by atoms with E-state index < -0.39 is 0 Å². The number of aromatic hydroxyl groups is 1. The van der Waals surface area contributed by atoms with Crippen molar-refractivity contribution in [2.45, 2.75) is 6.42 Å². The molecule has 3 aromatic rings.